The molecule has 27 aromatic carbocycles. The predicted octanol–water partition coefficient (Wildman–Crippen LogP) is 43.1. The molecule has 5 nitrogen and oxygen atoms in total. The van der Waals surface area contributed by atoms with Crippen molar-refractivity contribution in [1.82, 2.24) is 0 Å². The van der Waals surface area contributed by atoms with Gasteiger partial charge in [0.05, 0.1) is 11.4 Å². The first kappa shape index (κ1) is 85.1. The van der Waals surface area contributed by atoms with Gasteiger partial charge in [-0.3, -0.25) is 0 Å². The lowest BCUT2D eigenvalue weighted by Crippen LogP contribution is -2.11. The Morgan fingerprint density at radius 2 is 0.510 bits per heavy atom. The third kappa shape index (κ3) is 13.6. The van der Waals surface area contributed by atoms with Crippen molar-refractivity contribution >= 4 is 340 Å². The summed E-state index contributed by atoms with van der Waals surface area (Å²) in [5.41, 5.74) is 16.1. The summed E-state index contributed by atoms with van der Waals surface area (Å²) in [5, 5.41) is 42.6. The van der Waals surface area contributed by atoms with Crippen LogP contribution in [-0.2, 0) is 0 Å². The van der Waals surface area contributed by atoms with E-state index in [4.69, 9.17) is 8.83 Å². The van der Waals surface area contributed by atoms with E-state index in [2.05, 4.69) is 518 Å². The molecular weight excluding hydrogens is 1880 g/mol. The summed E-state index contributed by atoms with van der Waals surface area (Å²) in [6, 6.07) is 184. The van der Waals surface area contributed by atoms with Crippen LogP contribution in [0.3, 0.4) is 0 Å². The fraction of sp³-hybridized carbons (Fsp3) is 0. The number of fused-ring (bicyclic) bond motifs is 41. The van der Waals surface area contributed by atoms with Gasteiger partial charge in [0.1, 0.15) is 22.3 Å². The first-order valence-electron chi connectivity index (χ1n) is 50.7. The molecule has 149 heavy (non-hydrogen) atoms. The molecule has 6 aromatic heterocycles. The van der Waals surface area contributed by atoms with Crippen LogP contribution in [0, 0.1) is 0 Å². The third-order valence-corrected chi connectivity index (χ3v) is 35.6. The molecule has 0 amide bonds. The SMILES string of the molecule is c1ccc(-c2ccc(N(c3ccc4c(c3)oc3c5ccccc5c5ccccc5c43)c3ccc4sc5ccc6ccccc6c5c4c3)cc2)cc1.c1ccc(N(c2ccc3oc4c5ccccc5c5ccccc5c4c3c2)c2ccc3sc4c5ccccc5c5ccccc5c4c3c2)cc1.c1ccc2cc3c(cc2c1)sc1c2ccccc2c(N(c2ccc4sc5c6ccccc6ccc5c4c2)c2cccc4ccccc24)cc31. The van der Waals surface area contributed by atoms with E-state index in [1.54, 1.807) is 0 Å². The van der Waals surface area contributed by atoms with Gasteiger partial charge in [0.15, 0.2) is 0 Å². The Hall–Kier alpha value is -18.3. The molecule has 0 N–H and O–H groups in total. The number of anilines is 9. The molecule has 0 radical (unpaired) electrons. The summed E-state index contributed by atoms with van der Waals surface area (Å²) in [4.78, 5) is 7.26. The van der Waals surface area contributed by atoms with Crippen LogP contribution in [0.2, 0.25) is 0 Å². The van der Waals surface area contributed by atoms with Gasteiger partial charge in [0, 0.05) is 180 Å². The smallest absolute Gasteiger partial charge is 0.143 e. The lowest BCUT2D eigenvalue weighted by molar-refractivity contribution is 0.672. The maximum atomic E-state index is 6.85. The van der Waals surface area contributed by atoms with Gasteiger partial charge >= 0.3 is 0 Å². The van der Waals surface area contributed by atoms with Gasteiger partial charge in [-0.2, -0.15) is 0 Å². The summed E-state index contributed by atoms with van der Waals surface area (Å²) in [6.45, 7) is 0. The largest absolute Gasteiger partial charge is 0.455 e. The summed E-state index contributed by atoms with van der Waals surface area (Å²) in [6.07, 6.45) is 0. The Labute approximate surface area is 870 Å². The van der Waals surface area contributed by atoms with Gasteiger partial charge in [-0.25, -0.2) is 0 Å². The maximum absolute atomic E-state index is 6.85. The Bertz CT molecular complexity index is 11200. The second-order valence-corrected chi connectivity index (χ2v) is 43.2. The molecule has 0 bridgehead atoms. The van der Waals surface area contributed by atoms with E-state index in [1.807, 2.05) is 45.3 Å². The summed E-state index contributed by atoms with van der Waals surface area (Å²) in [7, 11) is 0. The summed E-state index contributed by atoms with van der Waals surface area (Å²) >= 11 is 7.56. The molecule has 0 saturated carbocycles. The van der Waals surface area contributed by atoms with E-state index in [0.29, 0.717) is 0 Å². The third-order valence-electron chi connectivity index (χ3n) is 30.8. The van der Waals surface area contributed by atoms with E-state index < -0.39 is 0 Å². The summed E-state index contributed by atoms with van der Waals surface area (Å²) < 4.78 is 24.1. The van der Waals surface area contributed by atoms with Crippen LogP contribution in [0.5, 0.6) is 0 Å². The highest BCUT2D eigenvalue weighted by atomic mass is 32.1. The molecule has 0 aliphatic rings. The first-order chi connectivity index (χ1) is 73.9. The zero-order chi connectivity index (χ0) is 97.6. The molecule has 0 spiro atoms. The van der Waals surface area contributed by atoms with Crippen molar-refractivity contribution in [2.24, 2.45) is 0 Å². The van der Waals surface area contributed by atoms with Crippen LogP contribution >= 0.6 is 45.3 Å². The quantitative estimate of drug-likeness (QED) is 0.128. The molecule has 6 heterocycles. The van der Waals surface area contributed by atoms with Crippen LogP contribution in [0.15, 0.2) is 512 Å². The Kier molecular flexibility index (Phi) is 19.5. The van der Waals surface area contributed by atoms with Crippen molar-refractivity contribution in [1.29, 1.82) is 0 Å². The monoisotopic (exact) mass is 1970 g/mol. The minimum Gasteiger partial charge on any atom is -0.455 e. The molecule has 33 aromatic rings. The van der Waals surface area contributed by atoms with Gasteiger partial charge in [-0.05, 0) is 237 Å². The van der Waals surface area contributed by atoms with E-state index in [1.165, 1.54) is 216 Å². The van der Waals surface area contributed by atoms with Crippen LogP contribution in [0.4, 0.5) is 51.2 Å². The van der Waals surface area contributed by atoms with Crippen molar-refractivity contribution in [2.75, 3.05) is 14.7 Å². The minimum atomic E-state index is 0.878. The van der Waals surface area contributed by atoms with Crippen LogP contribution in [0.25, 0.3) is 254 Å². The van der Waals surface area contributed by atoms with Crippen molar-refractivity contribution in [3.63, 3.8) is 0 Å². The maximum Gasteiger partial charge on any atom is 0.143 e. The second-order valence-electron chi connectivity index (χ2n) is 39.0. The van der Waals surface area contributed by atoms with Crippen molar-refractivity contribution < 1.29 is 8.83 Å². The van der Waals surface area contributed by atoms with Crippen LogP contribution < -0.4 is 14.7 Å². The lowest BCUT2D eigenvalue weighted by Gasteiger charge is -2.28. The number of para-hydroxylation sites is 1. The number of hydrogen-bond acceptors (Lipinski definition) is 9. The molecule has 0 fully saturated rings. The molecule has 0 aliphatic carbocycles. The van der Waals surface area contributed by atoms with Gasteiger partial charge in [0.25, 0.3) is 0 Å². The number of hydrogen-bond donors (Lipinski definition) is 0. The van der Waals surface area contributed by atoms with Crippen LogP contribution in [0.1, 0.15) is 0 Å². The summed E-state index contributed by atoms with van der Waals surface area (Å²) in [5.74, 6) is 0. The van der Waals surface area contributed by atoms with E-state index in [9.17, 15) is 0 Å². The van der Waals surface area contributed by atoms with E-state index >= 15 is 0 Å². The molecule has 0 atom stereocenters. The Balaban J connectivity index is 0.000000101. The van der Waals surface area contributed by atoms with E-state index in [-0.39, 0.29) is 0 Å². The number of benzene rings is 27. The first-order valence-corrected chi connectivity index (χ1v) is 54.0. The lowest BCUT2D eigenvalue weighted by atomic mass is 9.96. The molecule has 0 unspecified atom stereocenters. The average molecular weight is 1970 g/mol. The van der Waals surface area contributed by atoms with Gasteiger partial charge in [-0.1, -0.05) is 358 Å². The molecule has 9 heteroatoms. The van der Waals surface area contributed by atoms with Crippen LogP contribution in [-0.4, -0.2) is 0 Å². The van der Waals surface area contributed by atoms with Gasteiger partial charge < -0.3 is 23.5 Å². The highest BCUT2D eigenvalue weighted by Gasteiger charge is 2.28. The normalized spacial score (nSPS) is 12.0. The molecule has 694 valence electrons. The van der Waals surface area contributed by atoms with Crippen molar-refractivity contribution in [2.45, 2.75) is 0 Å². The standard InChI is InChI=1S/C48H29NOS.C46H27NOS.C46H27NS2/c1-2-10-30(11-3-1)31-18-21-33(22-19-31)49(34-24-27-44-42(28-34)46-36-13-5-4-12-32(36)20-26-45(46)51-44)35-23-25-41-43(29-35)50-48-40-17-9-7-15-38(40)37-14-6-8-16-39(37)47(41)48;1-2-12-28(13-3-1)47(29-22-24-41-39(26-29)43-35-18-8-4-14-31(35)33-16-6-10-20-37(33)45(43)48-41)30-23-25-42-40(27-30)44-36-19-9-5-15-32(36)34-17-7-11-21-38(34)46(44)49-42;1-2-13-31-25-44-38(24-30(31)12-1)40-27-42(35-17-7-8-18-36(35)46(40)49-44)47(41-19-9-14-28-10-3-5-15-33(28)41)32-21-23-43-39(26-32)37-22-20-29-11-4-6-16-34(29)45(37)48-43/h1-29H;2*1-27H. The van der Waals surface area contributed by atoms with Gasteiger partial charge in [-0.15, -0.1) is 45.3 Å². The topological polar surface area (TPSA) is 36.0 Å². The zero-order valence-electron chi connectivity index (χ0n) is 80.2. The van der Waals surface area contributed by atoms with Gasteiger partial charge in [0.2, 0.25) is 0 Å². The second kappa shape index (κ2) is 34.2. The molecule has 0 aliphatic heterocycles. The predicted molar refractivity (Wildman–Crippen MR) is 647 cm³/mol. The number of nitrogens with zero attached hydrogens (tertiary/aromatic N) is 3. The van der Waals surface area contributed by atoms with Crippen molar-refractivity contribution in [3.05, 3.63) is 504 Å². The fourth-order valence-electron chi connectivity index (χ4n) is 24.1. The zero-order valence-corrected chi connectivity index (χ0v) is 83.5. The fourth-order valence-corrected chi connectivity index (χ4v) is 28.9. The molecule has 33 rings (SSSR count). The Morgan fingerprint density at radius 1 is 0.141 bits per heavy atom. The Morgan fingerprint density at radius 3 is 1.15 bits per heavy atom. The average Bonchev–Trinajstić information content (AvgIpc) is 1.59. The number of furan rings is 2. The number of rotatable bonds is 10. The highest BCUT2D eigenvalue weighted by Crippen LogP contribution is 2.55. The minimum absolute atomic E-state index is 0.878. The number of thiophene rings is 4. The van der Waals surface area contributed by atoms with Crippen molar-refractivity contribution in [3.8, 4) is 11.1 Å². The van der Waals surface area contributed by atoms with E-state index in [0.717, 1.165) is 89.1 Å². The molecule has 0 saturated heterocycles. The molecular formula is C140H83N3O2S4. The highest BCUT2D eigenvalue weighted by molar-refractivity contribution is 7.28.